The SMILES string of the molecule is COc1ccc(C2CCCN2C(=O)NC(C)c2cccc(Br)c2)c(OC)c1. The van der Waals surface area contributed by atoms with E-state index in [1.165, 1.54) is 0 Å². The first-order valence-corrected chi connectivity index (χ1v) is 9.87. The van der Waals surface area contributed by atoms with Gasteiger partial charge in [-0.15, -0.1) is 0 Å². The summed E-state index contributed by atoms with van der Waals surface area (Å²) in [5.74, 6) is 1.49. The number of hydrogen-bond donors (Lipinski definition) is 1. The maximum absolute atomic E-state index is 13.0. The van der Waals surface area contributed by atoms with Gasteiger partial charge in [0.15, 0.2) is 0 Å². The van der Waals surface area contributed by atoms with Crippen molar-refractivity contribution >= 4 is 22.0 Å². The van der Waals surface area contributed by atoms with E-state index >= 15 is 0 Å². The van der Waals surface area contributed by atoms with Crippen molar-refractivity contribution < 1.29 is 14.3 Å². The third-order valence-corrected chi connectivity index (χ3v) is 5.50. The maximum Gasteiger partial charge on any atom is 0.318 e. The second-order valence-electron chi connectivity index (χ2n) is 6.69. The maximum atomic E-state index is 13.0. The van der Waals surface area contributed by atoms with Crippen molar-refractivity contribution in [3.05, 3.63) is 58.1 Å². The molecule has 1 aliphatic heterocycles. The number of ether oxygens (including phenoxy) is 2. The highest BCUT2D eigenvalue weighted by Gasteiger charge is 2.32. The number of carbonyl (C=O) groups excluding carboxylic acids is 1. The zero-order chi connectivity index (χ0) is 19.4. The van der Waals surface area contributed by atoms with Crippen LogP contribution in [0.4, 0.5) is 4.79 Å². The van der Waals surface area contributed by atoms with Gasteiger partial charge in [-0.3, -0.25) is 0 Å². The zero-order valence-corrected chi connectivity index (χ0v) is 17.5. The highest BCUT2D eigenvalue weighted by molar-refractivity contribution is 9.10. The van der Waals surface area contributed by atoms with Crippen LogP contribution in [0.2, 0.25) is 0 Å². The Morgan fingerprint density at radius 3 is 2.74 bits per heavy atom. The Morgan fingerprint density at radius 1 is 1.22 bits per heavy atom. The Labute approximate surface area is 168 Å². The number of hydrogen-bond acceptors (Lipinski definition) is 3. The van der Waals surface area contributed by atoms with Crippen molar-refractivity contribution in [1.29, 1.82) is 0 Å². The molecule has 1 N–H and O–H groups in total. The lowest BCUT2D eigenvalue weighted by Gasteiger charge is -2.28. The number of carbonyl (C=O) groups is 1. The Balaban J connectivity index is 1.77. The summed E-state index contributed by atoms with van der Waals surface area (Å²) < 4.78 is 11.8. The molecule has 3 rings (SSSR count). The fraction of sp³-hybridized carbons (Fsp3) is 0.381. The Morgan fingerprint density at radius 2 is 2.04 bits per heavy atom. The molecular formula is C21H25BrN2O3. The molecule has 6 heteroatoms. The van der Waals surface area contributed by atoms with Gasteiger partial charge in [0, 0.05) is 22.6 Å². The van der Waals surface area contributed by atoms with Crippen LogP contribution in [0.25, 0.3) is 0 Å². The summed E-state index contributed by atoms with van der Waals surface area (Å²) in [5, 5.41) is 3.13. The standard InChI is InChI=1S/C21H25BrN2O3/c1-14(15-6-4-7-16(22)12-15)23-21(25)24-11-5-8-19(24)18-10-9-17(26-2)13-20(18)27-3/h4,6-7,9-10,12-14,19H,5,8,11H2,1-3H3,(H,23,25). The smallest absolute Gasteiger partial charge is 0.318 e. The topological polar surface area (TPSA) is 50.8 Å². The average molecular weight is 433 g/mol. The van der Waals surface area contributed by atoms with Crippen molar-refractivity contribution in [1.82, 2.24) is 10.2 Å². The van der Waals surface area contributed by atoms with Gasteiger partial charge in [0.2, 0.25) is 0 Å². The van der Waals surface area contributed by atoms with Gasteiger partial charge in [-0.05, 0) is 49.6 Å². The van der Waals surface area contributed by atoms with Gasteiger partial charge in [-0.25, -0.2) is 4.79 Å². The second-order valence-corrected chi connectivity index (χ2v) is 7.60. The molecular weight excluding hydrogens is 408 g/mol. The monoisotopic (exact) mass is 432 g/mol. The third-order valence-electron chi connectivity index (χ3n) is 5.00. The molecule has 2 unspecified atom stereocenters. The zero-order valence-electron chi connectivity index (χ0n) is 15.9. The van der Waals surface area contributed by atoms with Gasteiger partial charge in [-0.2, -0.15) is 0 Å². The number of nitrogens with one attached hydrogen (secondary N) is 1. The number of methoxy groups -OCH3 is 2. The molecule has 1 aliphatic rings. The van der Waals surface area contributed by atoms with E-state index in [4.69, 9.17) is 9.47 Å². The van der Waals surface area contributed by atoms with E-state index in [1.54, 1.807) is 14.2 Å². The van der Waals surface area contributed by atoms with Crippen LogP contribution < -0.4 is 14.8 Å². The van der Waals surface area contributed by atoms with Gasteiger partial charge >= 0.3 is 6.03 Å². The van der Waals surface area contributed by atoms with E-state index in [2.05, 4.69) is 21.2 Å². The Hall–Kier alpha value is -2.21. The van der Waals surface area contributed by atoms with Crippen molar-refractivity contribution in [3.8, 4) is 11.5 Å². The molecule has 2 aromatic rings. The van der Waals surface area contributed by atoms with E-state index in [0.29, 0.717) is 0 Å². The fourth-order valence-electron chi connectivity index (χ4n) is 3.55. The van der Waals surface area contributed by atoms with E-state index in [-0.39, 0.29) is 18.1 Å². The van der Waals surface area contributed by atoms with Gasteiger partial charge in [0.05, 0.1) is 26.3 Å². The summed E-state index contributed by atoms with van der Waals surface area (Å²) >= 11 is 3.48. The summed E-state index contributed by atoms with van der Waals surface area (Å²) in [6.45, 7) is 2.73. The largest absolute Gasteiger partial charge is 0.497 e. The van der Waals surface area contributed by atoms with Crippen LogP contribution in [0.1, 0.15) is 43.0 Å². The summed E-state index contributed by atoms with van der Waals surface area (Å²) in [4.78, 5) is 14.9. The Kier molecular flexibility index (Phi) is 6.26. The molecule has 0 spiro atoms. The number of halogens is 1. The minimum Gasteiger partial charge on any atom is -0.497 e. The van der Waals surface area contributed by atoms with E-state index in [0.717, 1.165) is 46.5 Å². The summed E-state index contributed by atoms with van der Waals surface area (Å²) in [6, 6.07) is 13.6. The molecule has 1 fully saturated rings. The summed E-state index contributed by atoms with van der Waals surface area (Å²) in [6.07, 6.45) is 1.89. The number of nitrogens with zero attached hydrogens (tertiary/aromatic N) is 1. The number of rotatable bonds is 5. The molecule has 0 radical (unpaired) electrons. The lowest BCUT2D eigenvalue weighted by Crippen LogP contribution is -2.40. The molecule has 5 nitrogen and oxygen atoms in total. The van der Waals surface area contributed by atoms with Crippen LogP contribution in [0.5, 0.6) is 11.5 Å². The van der Waals surface area contributed by atoms with E-state index in [1.807, 2.05) is 54.3 Å². The van der Waals surface area contributed by atoms with E-state index < -0.39 is 0 Å². The first-order valence-electron chi connectivity index (χ1n) is 9.08. The first-order chi connectivity index (χ1) is 13.0. The second kappa shape index (κ2) is 8.65. The quantitative estimate of drug-likeness (QED) is 0.716. The lowest BCUT2D eigenvalue weighted by atomic mass is 10.0. The molecule has 0 aliphatic carbocycles. The van der Waals surface area contributed by atoms with Crippen LogP contribution in [-0.4, -0.2) is 31.7 Å². The molecule has 2 amide bonds. The normalized spacial score (nSPS) is 17.5. The molecule has 2 atom stereocenters. The van der Waals surface area contributed by atoms with Crippen LogP contribution in [0.3, 0.4) is 0 Å². The number of amides is 2. The van der Waals surface area contributed by atoms with Gasteiger partial charge in [0.25, 0.3) is 0 Å². The highest BCUT2D eigenvalue weighted by Crippen LogP contribution is 2.38. The molecule has 0 aromatic heterocycles. The first kappa shape index (κ1) is 19.5. The van der Waals surface area contributed by atoms with Crippen LogP contribution in [0, 0.1) is 0 Å². The number of urea groups is 1. The molecule has 0 bridgehead atoms. The molecule has 1 saturated heterocycles. The van der Waals surface area contributed by atoms with Crippen LogP contribution in [-0.2, 0) is 0 Å². The molecule has 2 aromatic carbocycles. The van der Waals surface area contributed by atoms with Crippen LogP contribution >= 0.6 is 15.9 Å². The molecule has 27 heavy (non-hydrogen) atoms. The number of likely N-dealkylation sites (tertiary alicyclic amines) is 1. The van der Waals surface area contributed by atoms with E-state index in [9.17, 15) is 4.79 Å². The predicted octanol–water partition coefficient (Wildman–Crippen LogP) is 5.07. The van der Waals surface area contributed by atoms with Crippen LogP contribution in [0.15, 0.2) is 46.9 Å². The molecule has 144 valence electrons. The van der Waals surface area contributed by atoms with Crippen molar-refractivity contribution in [2.24, 2.45) is 0 Å². The third kappa shape index (κ3) is 4.38. The highest BCUT2D eigenvalue weighted by atomic mass is 79.9. The summed E-state index contributed by atoms with van der Waals surface area (Å²) in [5.41, 5.74) is 2.08. The van der Waals surface area contributed by atoms with Crippen molar-refractivity contribution in [2.75, 3.05) is 20.8 Å². The number of benzene rings is 2. The molecule has 0 saturated carbocycles. The van der Waals surface area contributed by atoms with Gasteiger partial charge < -0.3 is 19.7 Å². The van der Waals surface area contributed by atoms with Crippen molar-refractivity contribution in [3.63, 3.8) is 0 Å². The Bertz CT molecular complexity index is 812. The van der Waals surface area contributed by atoms with Crippen molar-refractivity contribution in [2.45, 2.75) is 31.8 Å². The van der Waals surface area contributed by atoms with Gasteiger partial charge in [0.1, 0.15) is 11.5 Å². The summed E-state index contributed by atoms with van der Waals surface area (Å²) in [7, 11) is 3.28. The minimum absolute atomic E-state index is 0.000524. The molecule has 1 heterocycles. The lowest BCUT2D eigenvalue weighted by molar-refractivity contribution is 0.189. The average Bonchev–Trinajstić information content (AvgIpc) is 3.17. The predicted molar refractivity (Wildman–Crippen MR) is 109 cm³/mol. The van der Waals surface area contributed by atoms with Gasteiger partial charge in [-0.1, -0.05) is 28.1 Å². The minimum atomic E-state index is -0.0750. The fourth-order valence-corrected chi connectivity index (χ4v) is 3.97.